The highest BCUT2D eigenvalue weighted by molar-refractivity contribution is 4.69. The molecule has 6 nitrogen and oxygen atoms in total. The van der Waals surface area contributed by atoms with Crippen molar-refractivity contribution in [1.82, 2.24) is 9.91 Å². The summed E-state index contributed by atoms with van der Waals surface area (Å²) in [6, 6.07) is 0. The van der Waals surface area contributed by atoms with E-state index in [1.807, 2.05) is 27.7 Å². The molecule has 0 aromatic rings. The van der Waals surface area contributed by atoms with E-state index in [0.717, 1.165) is 25.9 Å². The average Bonchev–Trinajstić information content (AvgIpc) is 2.27. The fourth-order valence-corrected chi connectivity index (χ4v) is 2.09. The van der Waals surface area contributed by atoms with Crippen LogP contribution < -0.4 is 0 Å². The normalized spacial score (nSPS) is 19.9. The molecule has 1 heterocycles. The summed E-state index contributed by atoms with van der Waals surface area (Å²) >= 11 is 0. The molecule has 1 aliphatic heterocycles. The van der Waals surface area contributed by atoms with Crippen LogP contribution >= 0.6 is 0 Å². The number of hydrogen-bond donors (Lipinski definition) is 0. The van der Waals surface area contributed by atoms with Gasteiger partial charge in [0.1, 0.15) is 6.10 Å². The number of piperidine rings is 1. The first-order chi connectivity index (χ1) is 8.34. The molecular formula is C12H26N4O2. The number of rotatable bonds is 4. The van der Waals surface area contributed by atoms with Crippen LogP contribution in [0.15, 0.2) is 5.28 Å². The molecule has 0 bridgehead atoms. The summed E-state index contributed by atoms with van der Waals surface area (Å²) in [5.41, 5.74) is -0.254. The molecule has 1 saturated heterocycles. The lowest BCUT2D eigenvalue weighted by molar-refractivity contribution is -0.725. The second kappa shape index (κ2) is 6.22. The minimum absolute atomic E-state index is 0.0660. The SMILES string of the molecule is CCN(/[N+]([O-])=N/OC1CCN(C)CC1)C(C)(C)C. The Morgan fingerprint density at radius 3 is 2.39 bits per heavy atom. The molecule has 0 N–H and O–H groups in total. The molecule has 0 atom stereocenters. The van der Waals surface area contributed by atoms with Crippen molar-refractivity contribution in [1.29, 1.82) is 0 Å². The van der Waals surface area contributed by atoms with Gasteiger partial charge < -0.3 is 14.9 Å². The smallest absolute Gasteiger partial charge is 0.233 e. The summed E-state index contributed by atoms with van der Waals surface area (Å²) in [5, 5.41) is 17.2. The second-order valence-corrected chi connectivity index (χ2v) is 5.83. The van der Waals surface area contributed by atoms with E-state index in [-0.39, 0.29) is 11.6 Å². The van der Waals surface area contributed by atoms with E-state index in [9.17, 15) is 5.21 Å². The van der Waals surface area contributed by atoms with E-state index < -0.39 is 0 Å². The molecule has 0 unspecified atom stereocenters. The molecule has 0 aliphatic carbocycles. The zero-order valence-electron chi connectivity index (χ0n) is 12.2. The lowest BCUT2D eigenvalue weighted by Gasteiger charge is -2.30. The van der Waals surface area contributed by atoms with Gasteiger partial charge in [-0.1, -0.05) is 0 Å². The second-order valence-electron chi connectivity index (χ2n) is 5.83. The molecule has 106 valence electrons. The highest BCUT2D eigenvalue weighted by Gasteiger charge is 2.27. The number of hydrazine groups is 1. The number of nitrogens with zero attached hydrogens (tertiary/aromatic N) is 4. The van der Waals surface area contributed by atoms with Crippen molar-refractivity contribution in [3.63, 3.8) is 0 Å². The predicted molar refractivity (Wildman–Crippen MR) is 69.8 cm³/mol. The zero-order valence-corrected chi connectivity index (χ0v) is 12.2. The minimum atomic E-state index is -0.254. The van der Waals surface area contributed by atoms with Gasteiger partial charge in [-0.15, -0.1) is 5.01 Å². The van der Waals surface area contributed by atoms with Crippen LogP contribution in [-0.4, -0.2) is 53.2 Å². The molecule has 0 aromatic heterocycles. The summed E-state index contributed by atoms with van der Waals surface area (Å²) in [6.07, 6.45) is 1.92. The van der Waals surface area contributed by atoms with Gasteiger partial charge in [-0.2, -0.15) is 0 Å². The Morgan fingerprint density at radius 2 is 1.94 bits per heavy atom. The Morgan fingerprint density at radius 1 is 1.39 bits per heavy atom. The third kappa shape index (κ3) is 4.33. The van der Waals surface area contributed by atoms with Gasteiger partial charge in [0.05, 0.1) is 17.1 Å². The van der Waals surface area contributed by atoms with E-state index in [4.69, 9.17) is 4.84 Å². The van der Waals surface area contributed by atoms with Crippen LogP contribution in [0.25, 0.3) is 0 Å². The maximum atomic E-state index is 11.9. The van der Waals surface area contributed by atoms with Crippen molar-refractivity contribution in [2.45, 2.75) is 52.2 Å². The molecule has 1 fully saturated rings. The molecular weight excluding hydrogens is 232 g/mol. The topological polar surface area (TPSA) is 54.1 Å². The first-order valence-electron chi connectivity index (χ1n) is 6.64. The number of likely N-dealkylation sites (tertiary alicyclic amines) is 1. The maximum absolute atomic E-state index is 11.9. The van der Waals surface area contributed by atoms with Crippen molar-refractivity contribution in [2.75, 3.05) is 26.7 Å². The monoisotopic (exact) mass is 258 g/mol. The molecule has 18 heavy (non-hydrogen) atoms. The Balaban J connectivity index is 2.50. The summed E-state index contributed by atoms with van der Waals surface area (Å²) < 4.78 is 0. The average molecular weight is 258 g/mol. The Hall–Kier alpha value is -1.04. The van der Waals surface area contributed by atoms with E-state index in [1.165, 1.54) is 0 Å². The van der Waals surface area contributed by atoms with Crippen LogP contribution in [-0.2, 0) is 4.84 Å². The first-order valence-corrected chi connectivity index (χ1v) is 6.64. The van der Waals surface area contributed by atoms with Gasteiger partial charge in [-0.3, -0.25) is 0 Å². The molecule has 0 aromatic carbocycles. The highest BCUT2D eigenvalue weighted by atomic mass is 16.7. The lowest BCUT2D eigenvalue weighted by atomic mass is 10.1. The van der Waals surface area contributed by atoms with Crippen LogP contribution in [0, 0.1) is 5.21 Å². The third-order valence-corrected chi connectivity index (χ3v) is 3.21. The van der Waals surface area contributed by atoms with Crippen molar-refractivity contribution >= 4 is 0 Å². The summed E-state index contributed by atoms with van der Waals surface area (Å²) in [7, 11) is 2.09. The van der Waals surface area contributed by atoms with Gasteiger partial charge in [0.2, 0.25) is 5.28 Å². The van der Waals surface area contributed by atoms with Crippen LogP contribution in [0.3, 0.4) is 0 Å². The Labute approximate surface area is 110 Å². The van der Waals surface area contributed by atoms with Crippen molar-refractivity contribution < 1.29 is 9.81 Å². The maximum Gasteiger partial charge on any atom is 0.233 e. The highest BCUT2D eigenvalue weighted by Crippen LogP contribution is 2.15. The van der Waals surface area contributed by atoms with Crippen LogP contribution in [0.5, 0.6) is 0 Å². The van der Waals surface area contributed by atoms with Gasteiger partial charge in [-0.25, -0.2) is 0 Å². The fraction of sp³-hybridized carbons (Fsp3) is 1.00. The molecule has 0 amide bonds. The fourth-order valence-electron chi connectivity index (χ4n) is 2.09. The molecule has 0 spiro atoms. The molecule has 0 saturated carbocycles. The molecule has 1 aliphatic rings. The van der Waals surface area contributed by atoms with Gasteiger partial charge >= 0.3 is 0 Å². The van der Waals surface area contributed by atoms with Gasteiger partial charge in [0.25, 0.3) is 0 Å². The van der Waals surface area contributed by atoms with Crippen LogP contribution in [0.4, 0.5) is 0 Å². The van der Waals surface area contributed by atoms with E-state index in [0.29, 0.717) is 11.5 Å². The Kier molecular flexibility index (Phi) is 5.19. The third-order valence-electron chi connectivity index (χ3n) is 3.21. The van der Waals surface area contributed by atoms with Crippen LogP contribution in [0.2, 0.25) is 0 Å². The standard InChI is InChI=1S/C12H26N4O2/c1-6-15(12(2,3)4)16(17)13-18-11-7-9-14(5)10-8-11/h11H,6-10H2,1-5H3/b16-13-. The van der Waals surface area contributed by atoms with Crippen molar-refractivity contribution in [2.24, 2.45) is 5.28 Å². The van der Waals surface area contributed by atoms with Gasteiger partial charge in [-0.05, 0) is 47.6 Å². The number of hydrogen-bond acceptors (Lipinski definition) is 4. The van der Waals surface area contributed by atoms with Gasteiger partial charge in [0.15, 0.2) is 0 Å². The minimum Gasteiger partial charge on any atom is -0.569 e. The van der Waals surface area contributed by atoms with Crippen molar-refractivity contribution in [3.05, 3.63) is 5.21 Å². The largest absolute Gasteiger partial charge is 0.569 e. The lowest BCUT2D eigenvalue weighted by Crippen LogP contribution is -2.45. The van der Waals surface area contributed by atoms with Crippen molar-refractivity contribution in [3.8, 4) is 0 Å². The predicted octanol–water partition coefficient (Wildman–Crippen LogP) is 2.01. The quantitative estimate of drug-likeness (QED) is 0.440. The summed E-state index contributed by atoms with van der Waals surface area (Å²) in [4.78, 5) is 8.18. The molecule has 1 rings (SSSR count). The molecule has 0 radical (unpaired) electrons. The first kappa shape index (κ1) is 15.0. The van der Waals surface area contributed by atoms with E-state index in [1.54, 1.807) is 5.01 Å². The Bertz CT molecular complexity index is 280. The van der Waals surface area contributed by atoms with Crippen LogP contribution in [0.1, 0.15) is 40.5 Å². The summed E-state index contributed by atoms with van der Waals surface area (Å²) in [5.74, 6) is 0. The summed E-state index contributed by atoms with van der Waals surface area (Å²) in [6.45, 7) is 10.5. The van der Waals surface area contributed by atoms with Gasteiger partial charge in [0, 0.05) is 13.1 Å². The van der Waals surface area contributed by atoms with E-state index >= 15 is 0 Å². The van der Waals surface area contributed by atoms with E-state index in [2.05, 4.69) is 17.2 Å². The molecule has 6 heteroatoms. The zero-order chi connectivity index (χ0) is 13.8.